The Morgan fingerprint density at radius 2 is 1.91 bits per heavy atom. The van der Waals surface area contributed by atoms with Gasteiger partial charge in [0.2, 0.25) is 6.79 Å². The molecular formula is C24H19ClN2O6. The Bertz CT molecular complexity index is 1230. The number of esters is 1. The third kappa shape index (κ3) is 5.61. The van der Waals surface area contributed by atoms with E-state index in [2.05, 4.69) is 10.5 Å². The maximum Gasteiger partial charge on any atom is 0.343 e. The number of carbonyl (C=O) groups excluding carboxylic acids is 2. The van der Waals surface area contributed by atoms with E-state index in [4.69, 9.17) is 30.5 Å². The Labute approximate surface area is 194 Å². The van der Waals surface area contributed by atoms with Gasteiger partial charge >= 0.3 is 5.97 Å². The van der Waals surface area contributed by atoms with E-state index in [1.165, 1.54) is 6.21 Å². The average Bonchev–Trinajstić information content (AvgIpc) is 3.29. The number of benzene rings is 3. The van der Waals surface area contributed by atoms with Crippen molar-refractivity contribution in [1.29, 1.82) is 0 Å². The number of rotatable bonds is 7. The van der Waals surface area contributed by atoms with Gasteiger partial charge in [-0.05, 0) is 61.0 Å². The van der Waals surface area contributed by atoms with Crippen molar-refractivity contribution in [3.8, 4) is 23.0 Å². The second-order valence-corrected chi connectivity index (χ2v) is 7.40. The molecule has 1 heterocycles. The van der Waals surface area contributed by atoms with Crippen molar-refractivity contribution in [1.82, 2.24) is 5.43 Å². The summed E-state index contributed by atoms with van der Waals surface area (Å²) in [7, 11) is 0. The predicted molar refractivity (Wildman–Crippen MR) is 121 cm³/mol. The van der Waals surface area contributed by atoms with Gasteiger partial charge in [-0.3, -0.25) is 4.79 Å². The van der Waals surface area contributed by atoms with Crippen LogP contribution in [0.2, 0.25) is 5.02 Å². The third-order valence-corrected chi connectivity index (χ3v) is 5.05. The minimum atomic E-state index is -0.565. The smallest absolute Gasteiger partial charge is 0.343 e. The molecule has 0 aliphatic carbocycles. The Morgan fingerprint density at radius 1 is 1.09 bits per heavy atom. The SMILES string of the molecule is Cc1cc(OCC(=O)N/N=C/c2ccccc2OC(=O)c2ccc3c(c2)OCO3)ccc1Cl. The molecule has 4 rings (SSSR count). The van der Waals surface area contributed by atoms with Gasteiger partial charge < -0.3 is 18.9 Å². The van der Waals surface area contributed by atoms with Crippen molar-refractivity contribution in [3.05, 3.63) is 82.4 Å². The van der Waals surface area contributed by atoms with Gasteiger partial charge in [0.1, 0.15) is 11.5 Å². The van der Waals surface area contributed by atoms with E-state index in [9.17, 15) is 9.59 Å². The van der Waals surface area contributed by atoms with Crippen molar-refractivity contribution in [2.75, 3.05) is 13.4 Å². The molecule has 168 valence electrons. The second kappa shape index (κ2) is 10.1. The molecule has 8 nitrogen and oxygen atoms in total. The number of hydrazone groups is 1. The van der Waals surface area contributed by atoms with Crippen LogP contribution in [0.25, 0.3) is 0 Å². The molecule has 3 aromatic rings. The predicted octanol–water partition coefficient (Wildman–Crippen LogP) is 4.13. The summed E-state index contributed by atoms with van der Waals surface area (Å²) in [5, 5.41) is 4.54. The third-order valence-electron chi connectivity index (χ3n) is 4.62. The first-order valence-electron chi connectivity index (χ1n) is 9.91. The van der Waals surface area contributed by atoms with Crippen LogP contribution in [0.5, 0.6) is 23.0 Å². The monoisotopic (exact) mass is 466 g/mol. The summed E-state index contributed by atoms with van der Waals surface area (Å²) in [4.78, 5) is 24.6. The lowest BCUT2D eigenvalue weighted by molar-refractivity contribution is -0.123. The summed E-state index contributed by atoms with van der Waals surface area (Å²) in [6, 6.07) is 16.7. The Balaban J connectivity index is 1.34. The zero-order valence-electron chi connectivity index (χ0n) is 17.5. The van der Waals surface area contributed by atoms with Crippen LogP contribution in [0.4, 0.5) is 0 Å². The van der Waals surface area contributed by atoms with Gasteiger partial charge in [-0.1, -0.05) is 23.7 Å². The Hall–Kier alpha value is -4.04. The van der Waals surface area contributed by atoms with Gasteiger partial charge in [0.05, 0.1) is 11.8 Å². The van der Waals surface area contributed by atoms with Crippen molar-refractivity contribution in [3.63, 3.8) is 0 Å². The highest BCUT2D eigenvalue weighted by Crippen LogP contribution is 2.33. The zero-order valence-corrected chi connectivity index (χ0v) is 18.3. The van der Waals surface area contributed by atoms with E-state index in [1.54, 1.807) is 60.7 Å². The van der Waals surface area contributed by atoms with E-state index >= 15 is 0 Å². The maximum absolute atomic E-state index is 12.6. The summed E-state index contributed by atoms with van der Waals surface area (Å²) >= 11 is 5.98. The normalized spacial score (nSPS) is 11.9. The highest BCUT2D eigenvalue weighted by atomic mass is 35.5. The van der Waals surface area contributed by atoms with Gasteiger partial charge in [0.15, 0.2) is 18.1 Å². The van der Waals surface area contributed by atoms with E-state index in [0.29, 0.717) is 33.4 Å². The number of para-hydroxylation sites is 1. The molecule has 0 radical (unpaired) electrons. The summed E-state index contributed by atoms with van der Waals surface area (Å²) in [6.45, 7) is 1.73. The molecule has 0 spiro atoms. The molecule has 1 aliphatic heterocycles. The standard InChI is InChI=1S/C24H19ClN2O6/c1-15-10-18(7-8-19(15)25)30-13-23(28)27-26-12-17-4-2-3-5-20(17)33-24(29)16-6-9-21-22(11-16)32-14-31-21/h2-12H,13-14H2,1H3,(H,27,28)/b26-12+. The first kappa shape index (κ1) is 22.2. The van der Waals surface area contributed by atoms with Crippen LogP contribution in [0.3, 0.4) is 0 Å². The first-order chi connectivity index (χ1) is 16.0. The number of aryl methyl sites for hydroxylation is 1. The highest BCUT2D eigenvalue weighted by Gasteiger charge is 2.18. The summed E-state index contributed by atoms with van der Waals surface area (Å²) in [5.41, 5.74) is 4.04. The molecule has 0 aromatic heterocycles. The lowest BCUT2D eigenvalue weighted by Crippen LogP contribution is -2.24. The highest BCUT2D eigenvalue weighted by molar-refractivity contribution is 6.31. The molecule has 1 amide bonds. The molecule has 33 heavy (non-hydrogen) atoms. The number of nitrogens with one attached hydrogen (secondary N) is 1. The molecule has 0 saturated heterocycles. The Kier molecular flexibility index (Phi) is 6.75. The maximum atomic E-state index is 12.6. The summed E-state index contributed by atoms with van der Waals surface area (Å²) < 4.78 is 21.5. The minimum Gasteiger partial charge on any atom is -0.484 e. The lowest BCUT2D eigenvalue weighted by atomic mass is 10.2. The minimum absolute atomic E-state index is 0.114. The van der Waals surface area contributed by atoms with Gasteiger partial charge in [0.25, 0.3) is 5.91 Å². The van der Waals surface area contributed by atoms with Crippen LogP contribution < -0.4 is 24.4 Å². The second-order valence-electron chi connectivity index (χ2n) is 6.99. The summed E-state index contributed by atoms with van der Waals surface area (Å²) in [6.07, 6.45) is 1.38. The van der Waals surface area contributed by atoms with E-state index < -0.39 is 11.9 Å². The molecular weight excluding hydrogens is 448 g/mol. The van der Waals surface area contributed by atoms with Gasteiger partial charge in [-0.25, -0.2) is 10.2 Å². The number of amides is 1. The largest absolute Gasteiger partial charge is 0.484 e. The number of nitrogens with zero attached hydrogens (tertiary/aromatic N) is 1. The average molecular weight is 467 g/mol. The van der Waals surface area contributed by atoms with Crippen LogP contribution in [0, 0.1) is 6.92 Å². The number of hydrogen-bond acceptors (Lipinski definition) is 7. The fraction of sp³-hybridized carbons (Fsp3) is 0.125. The van der Waals surface area contributed by atoms with Crippen LogP contribution in [0.1, 0.15) is 21.5 Å². The van der Waals surface area contributed by atoms with E-state index in [1.807, 2.05) is 6.92 Å². The zero-order chi connectivity index (χ0) is 23.2. The van der Waals surface area contributed by atoms with Gasteiger partial charge in [-0.2, -0.15) is 5.10 Å². The quantitative estimate of drug-likeness (QED) is 0.243. The Morgan fingerprint density at radius 3 is 2.76 bits per heavy atom. The number of ether oxygens (including phenoxy) is 4. The number of carbonyl (C=O) groups is 2. The van der Waals surface area contributed by atoms with Crippen molar-refractivity contribution in [2.24, 2.45) is 5.10 Å². The van der Waals surface area contributed by atoms with E-state index in [-0.39, 0.29) is 19.1 Å². The summed E-state index contributed by atoms with van der Waals surface area (Å²) in [5.74, 6) is 0.851. The molecule has 1 aliphatic rings. The van der Waals surface area contributed by atoms with E-state index in [0.717, 1.165) is 5.56 Å². The molecule has 1 N–H and O–H groups in total. The van der Waals surface area contributed by atoms with Crippen LogP contribution in [-0.4, -0.2) is 31.5 Å². The van der Waals surface area contributed by atoms with Crippen LogP contribution in [0.15, 0.2) is 65.8 Å². The number of fused-ring (bicyclic) bond motifs is 1. The molecule has 0 fully saturated rings. The van der Waals surface area contributed by atoms with Crippen LogP contribution >= 0.6 is 11.6 Å². The molecule has 0 saturated carbocycles. The molecule has 9 heteroatoms. The van der Waals surface area contributed by atoms with Crippen molar-refractivity contribution >= 4 is 29.7 Å². The first-order valence-corrected chi connectivity index (χ1v) is 10.3. The van der Waals surface area contributed by atoms with Gasteiger partial charge in [-0.15, -0.1) is 0 Å². The van der Waals surface area contributed by atoms with Crippen LogP contribution in [-0.2, 0) is 4.79 Å². The van der Waals surface area contributed by atoms with Crippen molar-refractivity contribution < 1.29 is 28.5 Å². The topological polar surface area (TPSA) is 95.5 Å². The molecule has 0 unspecified atom stereocenters. The lowest BCUT2D eigenvalue weighted by Gasteiger charge is -2.08. The fourth-order valence-corrected chi connectivity index (χ4v) is 3.04. The fourth-order valence-electron chi connectivity index (χ4n) is 2.92. The van der Waals surface area contributed by atoms with Gasteiger partial charge in [0, 0.05) is 10.6 Å². The van der Waals surface area contributed by atoms with Crippen molar-refractivity contribution in [2.45, 2.75) is 6.92 Å². The molecule has 0 bridgehead atoms. The number of halogens is 1. The molecule has 3 aromatic carbocycles. The number of hydrogen-bond donors (Lipinski definition) is 1. The molecule has 0 atom stereocenters.